The highest BCUT2D eigenvalue weighted by atomic mass is 19.1. The van der Waals surface area contributed by atoms with Gasteiger partial charge in [-0.1, -0.05) is 36.4 Å². The van der Waals surface area contributed by atoms with Crippen LogP contribution >= 0.6 is 0 Å². The zero-order chi connectivity index (χ0) is 24.5. The zero-order valence-electron chi connectivity index (χ0n) is 19.3. The molecule has 0 aromatic heterocycles. The minimum Gasteiger partial charge on any atom is -0.493 e. The number of halogens is 1. The Morgan fingerprint density at radius 3 is 1.97 bits per heavy atom. The Labute approximate surface area is 197 Å². The van der Waals surface area contributed by atoms with Gasteiger partial charge in [-0.3, -0.25) is 9.59 Å². The normalized spacial score (nSPS) is 10.4. The Kier molecular flexibility index (Phi) is 8.45. The fraction of sp³-hybridized carbons (Fsp3) is 0.231. The van der Waals surface area contributed by atoms with E-state index in [1.807, 2.05) is 30.3 Å². The van der Waals surface area contributed by atoms with Gasteiger partial charge in [0.05, 0.1) is 14.2 Å². The van der Waals surface area contributed by atoms with Crippen molar-refractivity contribution < 1.29 is 28.2 Å². The van der Waals surface area contributed by atoms with Crippen LogP contribution in [0, 0.1) is 12.7 Å². The van der Waals surface area contributed by atoms with Crippen molar-refractivity contribution in [3.8, 4) is 17.2 Å². The Morgan fingerprint density at radius 2 is 1.41 bits per heavy atom. The molecule has 2 amide bonds. The topological polar surface area (TPSA) is 85.9 Å². The Morgan fingerprint density at radius 1 is 0.824 bits per heavy atom. The second-order valence-electron chi connectivity index (χ2n) is 7.46. The summed E-state index contributed by atoms with van der Waals surface area (Å²) >= 11 is 0. The number of methoxy groups -OCH3 is 2. The first-order valence-electron chi connectivity index (χ1n) is 10.7. The highest BCUT2D eigenvalue weighted by Crippen LogP contribution is 2.39. The maximum absolute atomic E-state index is 13.6. The average molecular weight is 467 g/mol. The van der Waals surface area contributed by atoms with Gasteiger partial charge in [-0.2, -0.15) is 0 Å². The summed E-state index contributed by atoms with van der Waals surface area (Å²) in [6.07, 6.45) is 0. The van der Waals surface area contributed by atoms with E-state index in [-0.39, 0.29) is 24.6 Å². The molecule has 0 aliphatic heterocycles. The molecule has 0 saturated heterocycles. The van der Waals surface area contributed by atoms with Crippen LogP contribution in [0.2, 0.25) is 0 Å². The summed E-state index contributed by atoms with van der Waals surface area (Å²) in [6.45, 7) is 2.28. The molecule has 8 heteroatoms. The molecule has 0 unspecified atom stereocenters. The number of hydrogen-bond acceptors (Lipinski definition) is 5. The summed E-state index contributed by atoms with van der Waals surface area (Å²) in [5, 5.41) is 5.38. The lowest BCUT2D eigenvalue weighted by molar-refractivity contribution is 0.0927. The predicted molar refractivity (Wildman–Crippen MR) is 126 cm³/mol. The van der Waals surface area contributed by atoms with E-state index in [9.17, 15) is 14.0 Å². The van der Waals surface area contributed by atoms with Gasteiger partial charge in [0, 0.05) is 24.2 Å². The van der Waals surface area contributed by atoms with Crippen LogP contribution in [0.4, 0.5) is 4.39 Å². The molecule has 0 atom stereocenters. The van der Waals surface area contributed by atoms with Crippen LogP contribution in [0.25, 0.3) is 0 Å². The SMILES string of the molecule is COc1cc(C(=O)NCCNC(=O)c2ccc(C)c(F)c2)cc(OC)c1OCc1ccccc1. The minimum absolute atomic E-state index is 0.173. The van der Waals surface area contributed by atoms with Crippen LogP contribution < -0.4 is 24.8 Å². The number of amides is 2. The second-order valence-corrected chi connectivity index (χ2v) is 7.46. The van der Waals surface area contributed by atoms with Crippen LogP contribution in [0.5, 0.6) is 17.2 Å². The van der Waals surface area contributed by atoms with Crippen molar-refractivity contribution in [3.63, 3.8) is 0 Å². The van der Waals surface area contributed by atoms with Crippen LogP contribution in [0.15, 0.2) is 60.7 Å². The third-order valence-corrected chi connectivity index (χ3v) is 5.08. The molecule has 0 fully saturated rings. The Hall–Kier alpha value is -4.07. The molecular formula is C26H27FN2O5. The van der Waals surface area contributed by atoms with Crippen LogP contribution in [0.1, 0.15) is 31.8 Å². The fourth-order valence-electron chi connectivity index (χ4n) is 3.17. The van der Waals surface area contributed by atoms with E-state index in [2.05, 4.69) is 10.6 Å². The molecule has 3 rings (SSSR count). The number of carbonyl (C=O) groups excluding carboxylic acids is 2. The number of rotatable bonds is 10. The molecule has 0 saturated carbocycles. The van der Waals surface area contributed by atoms with Gasteiger partial charge in [0.1, 0.15) is 12.4 Å². The van der Waals surface area contributed by atoms with Gasteiger partial charge in [0.15, 0.2) is 11.5 Å². The fourth-order valence-corrected chi connectivity index (χ4v) is 3.17. The summed E-state index contributed by atoms with van der Waals surface area (Å²) < 4.78 is 30.4. The maximum atomic E-state index is 13.6. The number of aryl methyl sites for hydroxylation is 1. The second kappa shape index (κ2) is 11.7. The largest absolute Gasteiger partial charge is 0.493 e. The first kappa shape index (κ1) is 24.6. The molecule has 2 N–H and O–H groups in total. The van der Waals surface area contributed by atoms with Gasteiger partial charge >= 0.3 is 0 Å². The van der Waals surface area contributed by atoms with Crippen molar-refractivity contribution >= 4 is 11.8 Å². The summed E-state index contributed by atoms with van der Waals surface area (Å²) in [6, 6.07) is 17.0. The highest BCUT2D eigenvalue weighted by molar-refractivity contribution is 5.96. The van der Waals surface area contributed by atoms with E-state index < -0.39 is 11.7 Å². The van der Waals surface area contributed by atoms with E-state index in [0.29, 0.717) is 35.0 Å². The molecule has 0 spiro atoms. The third-order valence-electron chi connectivity index (χ3n) is 5.08. The van der Waals surface area contributed by atoms with Crippen molar-refractivity contribution in [3.05, 3.63) is 88.7 Å². The van der Waals surface area contributed by atoms with E-state index in [0.717, 1.165) is 5.56 Å². The standard InChI is InChI=1S/C26H27FN2O5/c1-17-9-10-19(13-21(17)27)25(30)28-11-12-29-26(31)20-14-22(32-2)24(23(15-20)33-3)34-16-18-7-5-4-6-8-18/h4-10,13-15H,11-12,16H2,1-3H3,(H,28,30)(H,29,31). The quantitative estimate of drug-likeness (QED) is 0.443. The number of benzene rings is 3. The predicted octanol–water partition coefficient (Wildman–Crippen LogP) is 3.89. The molecule has 178 valence electrons. The smallest absolute Gasteiger partial charge is 0.251 e. The highest BCUT2D eigenvalue weighted by Gasteiger charge is 2.18. The molecule has 0 heterocycles. The van der Waals surface area contributed by atoms with Gasteiger partial charge in [0.2, 0.25) is 5.75 Å². The molecule has 0 aliphatic carbocycles. The van der Waals surface area contributed by atoms with Crippen LogP contribution in [-0.4, -0.2) is 39.1 Å². The molecule has 7 nitrogen and oxygen atoms in total. The molecule has 3 aromatic rings. The third kappa shape index (κ3) is 6.25. The molecule has 3 aromatic carbocycles. The Balaban J connectivity index is 1.59. The molecular weight excluding hydrogens is 439 g/mol. The van der Waals surface area contributed by atoms with E-state index in [1.165, 1.54) is 20.3 Å². The maximum Gasteiger partial charge on any atom is 0.251 e. The lowest BCUT2D eigenvalue weighted by Crippen LogP contribution is -2.34. The van der Waals surface area contributed by atoms with Gasteiger partial charge in [0.25, 0.3) is 11.8 Å². The lowest BCUT2D eigenvalue weighted by Gasteiger charge is -2.16. The number of hydrogen-bond donors (Lipinski definition) is 2. The van der Waals surface area contributed by atoms with E-state index in [4.69, 9.17) is 14.2 Å². The summed E-state index contributed by atoms with van der Waals surface area (Å²) in [5.41, 5.74) is 1.97. The van der Waals surface area contributed by atoms with Gasteiger partial charge in [-0.15, -0.1) is 0 Å². The van der Waals surface area contributed by atoms with Gasteiger partial charge in [-0.05, 0) is 42.3 Å². The molecule has 0 bridgehead atoms. The number of nitrogens with one attached hydrogen (secondary N) is 2. The zero-order valence-corrected chi connectivity index (χ0v) is 19.3. The first-order valence-corrected chi connectivity index (χ1v) is 10.7. The van der Waals surface area contributed by atoms with E-state index in [1.54, 1.807) is 31.2 Å². The number of ether oxygens (including phenoxy) is 3. The van der Waals surface area contributed by atoms with Crippen LogP contribution in [0.3, 0.4) is 0 Å². The molecule has 0 aliphatic rings. The minimum atomic E-state index is -0.444. The number of carbonyl (C=O) groups is 2. The van der Waals surface area contributed by atoms with Crippen molar-refractivity contribution in [2.75, 3.05) is 27.3 Å². The van der Waals surface area contributed by atoms with E-state index >= 15 is 0 Å². The molecule has 0 radical (unpaired) electrons. The van der Waals surface area contributed by atoms with Crippen molar-refractivity contribution in [2.24, 2.45) is 0 Å². The van der Waals surface area contributed by atoms with Gasteiger partial charge in [-0.25, -0.2) is 4.39 Å². The van der Waals surface area contributed by atoms with Crippen molar-refractivity contribution in [2.45, 2.75) is 13.5 Å². The lowest BCUT2D eigenvalue weighted by atomic mass is 10.1. The first-order chi connectivity index (χ1) is 16.4. The van der Waals surface area contributed by atoms with Crippen molar-refractivity contribution in [1.29, 1.82) is 0 Å². The summed E-state index contributed by atoms with van der Waals surface area (Å²) in [4.78, 5) is 24.8. The monoisotopic (exact) mass is 466 g/mol. The van der Waals surface area contributed by atoms with Crippen LogP contribution in [-0.2, 0) is 6.61 Å². The van der Waals surface area contributed by atoms with Crippen molar-refractivity contribution in [1.82, 2.24) is 10.6 Å². The molecule has 34 heavy (non-hydrogen) atoms. The summed E-state index contributed by atoms with van der Waals surface area (Å²) in [7, 11) is 2.96. The van der Waals surface area contributed by atoms with Gasteiger partial charge < -0.3 is 24.8 Å². The average Bonchev–Trinajstić information content (AvgIpc) is 2.86. The summed E-state index contributed by atoms with van der Waals surface area (Å²) in [5.74, 6) is -0.133. The Bertz CT molecular complexity index is 1130.